The molecule has 3 rings (SSSR count). The van der Waals surface area contributed by atoms with Gasteiger partial charge in [0, 0.05) is 28.7 Å². The van der Waals surface area contributed by atoms with Gasteiger partial charge in [-0.15, -0.1) is 0 Å². The number of rotatable bonds is 10. The van der Waals surface area contributed by atoms with Gasteiger partial charge < -0.3 is 16.2 Å². The Morgan fingerprint density at radius 2 is 1.84 bits per heavy atom. The Balaban J connectivity index is 1.58. The molecule has 0 heterocycles. The summed E-state index contributed by atoms with van der Waals surface area (Å²) < 4.78 is 29.2. The molecule has 2 radical (unpaired) electrons. The van der Waals surface area contributed by atoms with Crippen LogP contribution in [-0.2, 0) is 11.3 Å². The van der Waals surface area contributed by atoms with Crippen molar-refractivity contribution in [2.75, 3.05) is 0 Å². The lowest BCUT2D eigenvalue weighted by atomic mass is 9.66. The van der Waals surface area contributed by atoms with Crippen molar-refractivity contribution in [2.45, 2.75) is 56.5 Å². The van der Waals surface area contributed by atoms with E-state index in [1.807, 2.05) is 0 Å². The van der Waals surface area contributed by atoms with Gasteiger partial charge in [0.15, 0.2) is 11.6 Å². The number of carboxylic acids is 1. The zero-order valence-corrected chi connectivity index (χ0v) is 18.0. The lowest BCUT2D eigenvalue weighted by Gasteiger charge is -2.45. The van der Waals surface area contributed by atoms with Crippen LogP contribution in [0.15, 0.2) is 36.4 Å². The zero-order valence-electron chi connectivity index (χ0n) is 17.2. The summed E-state index contributed by atoms with van der Waals surface area (Å²) in [7, 11) is 5.48. The van der Waals surface area contributed by atoms with Gasteiger partial charge in [0.25, 0.3) is 0 Å². The largest absolute Gasteiger partial charge is 0.480 e. The van der Waals surface area contributed by atoms with Crippen LogP contribution in [0.3, 0.4) is 0 Å². The van der Waals surface area contributed by atoms with Crippen LogP contribution >= 0.6 is 11.6 Å². The zero-order chi connectivity index (χ0) is 22.6. The Labute approximate surface area is 187 Å². The standard InChI is InChI=1S/C23H26BClF2N2O2/c24-10-2-1-9-23(28,22(30)31)16-11-18(12-16)29-13-15-5-8-19(21(27)20(15)26)14-3-6-17(25)7-4-14/h3-8,16,18,29H,1-2,9-13,28H2,(H,30,31). The molecule has 1 fully saturated rings. The van der Waals surface area contributed by atoms with Crippen LogP contribution in [0.25, 0.3) is 11.1 Å². The molecule has 31 heavy (non-hydrogen) atoms. The van der Waals surface area contributed by atoms with Crippen molar-refractivity contribution in [3.05, 3.63) is 58.6 Å². The molecule has 1 aliphatic carbocycles. The highest BCUT2D eigenvalue weighted by Crippen LogP contribution is 2.38. The number of nitrogens with two attached hydrogens (primary N) is 1. The van der Waals surface area contributed by atoms with E-state index in [1.54, 1.807) is 36.4 Å². The van der Waals surface area contributed by atoms with Crippen molar-refractivity contribution in [3.63, 3.8) is 0 Å². The van der Waals surface area contributed by atoms with Gasteiger partial charge >= 0.3 is 5.97 Å². The third-order valence-corrected chi connectivity index (χ3v) is 6.46. The van der Waals surface area contributed by atoms with Gasteiger partial charge in [0.05, 0.1) is 7.85 Å². The average molecular weight is 447 g/mol. The van der Waals surface area contributed by atoms with Gasteiger partial charge in [-0.3, -0.25) is 4.79 Å². The van der Waals surface area contributed by atoms with Crippen molar-refractivity contribution < 1.29 is 18.7 Å². The Kier molecular flexibility index (Phi) is 7.73. The third kappa shape index (κ3) is 5.28. The molecule has 1 atom stereocenters. The maximum absolute atomic E-state index is 14.6. The summed E-state index contributed by atoms with van der Waals surface area (Å²) in [6.45, 7) is 0.152. The lowest BCUT2D eigenvalue weighted by molar-refractivity contribution is -0.148. The van der Waals surface area contributed by atoms with E-state index in [0.29, 0.717) is 42.6 Å². The fourth-order valence-corrected chi connectivity index (χ4v) is 4.21. The Morgan fingerprint density at radius 3 is 2.45 bits per heavy atom. The molecule has 0 aromatic heterocycles. The topological polar surface area (TPSA) is 75.4 Å². The minimum atomic E-state index is -1.27. The molecule has 4 N–H and O–H groups in total. The average Bonchev–Trinajstić information content (AvgIpc) is 2.71. The fraction of sp³-hybridized carbons (Fsp3) is 0.435. The molecular weight excluding hydrogens is 421 g/mol. The number of halogens is 3. The van der Waals surface area contributed by atoms with E-state index in [9.17, 15) is 18.7 Å². The molecule has 164 valence electrons. The molecule has 2 aromatic carbocycles. The van der Waals surface area contributed by atoms with Crippen LogP contribution in [0.5, 0.6) is 0 Å². The van der Waals surface area contributed by atoms with E-state index in [0.717, 1.165) is 6.42 Å². The van der Waals surface area contributed by atoms with Gasteiger partial charge in [0.1, 0.15) is 5.54 Å². The normalized spacial score (nSPS) is 20.1. The summed E-state index contributed by atoms with van der Waals surface area (Å²) in [6, 6.07) is 9.66. The summed E-state index contributed by atoms with van der Waals surface area (Å²) >= 11 is 5.85. The number of benzene rings is 2. The first-order valence-corrected chi connectivity index (χ1v) is 10.8. The summed E-state index contributed by atoms with van der Waals surface area (Å²) in [5.74, 6) is -2.95. The fourth-order valence-electron chi connectivity index (χ4n) is 4.09. The highest BCUT2D eigenvalue weighted by molar-refractivity contribution is 6.30. The second-order valence-electron chi connectivity index (χ2n) is 8.24. The molecule has 8 heteroatoms. The second kappa shape index (κ2) is 10.1. The first-order valence-electron chi connectivity index (χ1n) is 10.4. The molecule has 4 nitrogen and oxygen atoms in total. The first kappa shape index (κ1) is 23.7. The highest BCUT2D eigenvalue weighted by atomic mass is 35.5. The molecule has 1 aliphatic rings. The maximum atomic E-state index is 14.6. The SMILES string of the molecule is [B]CCCCC(N)(C(=O)O)C1CC(NCc2ccc(-c3ccc(Cl)cc3)c(F)c2F)C1. The van der Waals surface area contributed by atoms with Crippen molar-refractivity contribution in [1.82, 2.24) is 5.32 Å². The second-order valence-corrected chi connectivity index (χ2v) is 8.68. The van der Waals surface area contributed by atoms with Crippen LogP contribution < -0.4 is 11.1 Å². The van der Waals surface area contributed by atoms with Crippen molar-refractivity contribution >= 4 is 25.4 Å². The van der Waals surface area contributed by atoms with Gasteiger partial charge in [-0.05, 0) is 42.9 Å². The van der Waals surface area contributed by atoms with Crippen molar-refractivity contribution in [1.29, 1.82) is 0 Å². The number of hydrogen-bond acceptors (Lipinski definition) is 3. The van der Waals surface area contributed by atoms with Gasteiger partial charge in [0.2, 0.25) is 0 Å². The molecule has 0 spiro atoms. The number of nitrogens with one attached hydrogen (secondary N) is 1. The Morgan fingerprint density at radius 1 is 1.16 bits per heavy atom. The molecular formula is C23H26BClF2N2O2. The number of hydrogen-bond donors (Lipinski definition) is 3. The third-order valence-electron chi connectivity index (χ3n) is 6.21. The van der Waals surface area contributed by atoms with Gasteiger partial charge in [-0.1, -0.05) is 55.0 Å². The van der Waals surface area contributed by atoms with E-state index in [-0.39, 0.29) is 29.6 Å². The first-order chi connectivity index (χ1) is 14.8. The monoisotopic (exact) mass is 446 g/mol. The predicted molar refractivity (Wildman–Crippen MR) is 119 cm³/mol. The predicted octanol–water partition coefficient (Wildman–Crippen LogP) is 4.69. The Bertz CT molecular complexity index is 923. The molecule has 1 saturated carbocycles. The van der Waals surface area contributed by atoms with Gasteiger partial charge in [-0.25, -0.2) is 8.78 Å². The number of carboxylic acid groups (broad SMARTS) is 1. The van der Waals surface area contributed by atoms with E-state index in [4.69, 9.17) is 25.2 Å². The quantitative estimate of drug-likeness (QED) is 0.365. The van der Waals surface area contributed by atoms with E-state index in [2.05, 4.69) is 5.32 Å². The van der Waals surface area contributed by atoms with Crippen LogP contribution in [-0.4, -0.2) is 30.5 Å². The molecule has 0 amide bonds. The van der Waals surface area contributed by atoms with Crippen molar-refractivity contribution in [2.24, 2.45) is 11.7 Å². The summed E-state index contributed by atoms with van der Waals surface area (Å²) in [5, 5.41) is 13.3. The van der Waals surface area contributed by atoms with E-state index in [1.165, 1.54) is 0 Å². The highest BCUT2D eigenvalue weighted by Gasteiger charge is 2.47. The molecule has 0 saturated heterocycles. The number of unbranched alkanes of at least 4 members (excludes halogenated alkanes) is 1. The summed E-state index contributed by atoms with van der Waals surface area (Å²) in [5.41, 5.74) is 5.86. The van der Waals surface area contributed by atoms with Crippen LogP contribution in [0, 0.1) is 17.6 Å². The van der Waals surface area contributed by atoms with Crippen LogP contribution in [0.1, 0.15) is 37.7 Å². The number of aliphatic carboxylic acids is 1. The summed E-state index contributed by atoms with van der Waals surface area (Å²) in [6.07, 6.45) is 3.44. The van der Waals surface area contributed by atoms with E-state index < -0.39 is 23.1 Å². The molecule has 0 aliphatic heterocycles. The smallest absolute Gasteiger partial charge is 0.323 e. The minimum absolute atomic E-state index is 0.0141. The Hall–Kier alpha value is -1.96. The van der Waals surface area contributed by atoms with Gasteiger partial charge in [-0.2, -0.15) is 0 Å². The maximum Gasteiger partial charge on any atom is 0.323 e. The van der Waals surface area contributed by atoms with Crippen molar-refractivity contribution in [3.8, 4) is 11.1 Å². The number of carbonyl (C=O) groups is 1. The summed E-state index contributed by atoms with van der Waals surface area (Å²) in [4.78, 5) is 11.7. The van der Waals surface area contributed by atoms with E-state index >= 15 is 0 Å². The molecule has 2 aromatic rings. The minimum Gasteiger partial charge on any atom is -0.480 e. The van der Waals surface area contributed by atoms with Crippen LogP contribution in [0.2, 0.25) is 11.3 Å². The molecule has 0 bridgehead atoms. The van der Waals surface area contributed by atoms with Crippen LogP contribution in [0.4, 0.5) is 8.78 Å². The lowest BCUT2D eigenvalue weighted by Crippen LogP contribution is -2.61. The molecule has 1 unspecified atom stereocenters.